The quantitative estimate of drug-likeness (QED) is 0.752. The summed E-state index contributed by atoms with van der Waals surface area (Å²) in [5.74, 6) is 0.875. The Morgan fingerprint density at radius 2 is 2.00 bits per heavy atom. The second-order valence-electron chi connectivity index (χ2n) is 6.98. The maximum absolute atomic E-state index is 5.32. The molecular formula is C21H27BrN2O. The lowest BCUT2D eigenvalue weighted by molar-refractivity contribution is 0.256. The van der Waals surface area contributed by atoms with E-state index in [0.717, 1.165) is 23.3 Å². The van der Waals surface area contributed by atoms with Gasteiger partial charge in [-0.05, 0) is 59.5 Å². The first kappa shape index (κ1) is 18.4. The highest BCUT2D eigenvalue weighted by Gasteiger charge is 2.29. The van der Waals surface area contributed by atoms with Crippen LogP contribution in [0.5, 0.6) is 5.75 Å². The topological polar surface area (TPSA) is 24.5 Å². The molecule has 1 fully saturated rings. The van der Waals surface area contributed by atoms with Gasteiger partial charge in [0.25, 0.3) is 0 Å². The predicted molar refractivity (Wildman–Crippen MR) is 107 cm³/mol. The summed E-state index contributed by atoms with van der Waals surface area (Å²) in [6, 6.07) is 18.5. The van der Waals surface area contributed by atoms with E-state index in [1.807, 2.05) is 6.07 Å². The third-order valence-electron chi connectivity index (χ3n) is 5.09. The standard InChI is InChI=1S/C21H27BrN2O/c1-15-11-19(14-24(15)13-17-7-5-4-6-8-17)23-16(2)18-9-10-21(25-3)20(22)12-18/h4-10,12,15-16,19,23H,11,13-14H2,1-3H3. The Morgan fingerprint density at radius 1 is 1.24 bits per heavy atom. The number of hydrogen-bond acceptors (Lipinski definition) is 3. The van der Waals surface area contributed by atoms with Crippen molar-refractivity contribution in [1.82, 2.24) is 10.2 Å². The van der Waals surface area contributed by atoms with Gasteiger partial charge in [-0.15, -0.1) is 0 Å². The minimum absolute atomic E-state index is 0.316. The van der Waals surface area contributed by atoms with Crippen molar-refractivity contribution in [1.29, 1.82) is 0 Å². The molecule has 3 atom stereocenters. The average Bonchev–Trinajstić information content (AvgIpc) is 2.94. The van der Waals surface area contributed by atoms with Crippen molar-refractivity contribution in [3.8, 4) is 5.75 Å². The van der Waals surface area contributed by atoms with Crippen molar-refractivity contribution in [3.05, 3.63) is 64.1 Å². The third-order valence-corrected chi connectivity index (χ3v) is 5.71. The fraction of sp³-hybridized carbons (Fsp3) is 0.429. The van der Waals surface area contributed by atoms with Gasteiger partial charge in [-0.1, -0.05) is 36.4 Å². The van der Waals surface area contributed by atoms with E-state index < -0.39 is 0 Å². The van der Waals surface area contributed by atoms with Gasteiger partial charge in [0, 0.05) is 31.2 Å². The molecule has 2 aromatic rings. The zero-order chi connectivity index (χ0) is 17.8. The number of methoxy groups -OCH3 is 1. The van der Waals surface area contributed by atoms with Gasteiger partial charge in [-0.25, -0.2) is 0 Å². The van der Waals surface area contributed by atoms with Gasteiger partial charge >= 0.3 is 0 Å². The summed E-state index contributed by atoms with van der Waals surface area (Å²) in [6.07, 6.45) is 1.19. The van der Waals surface area contributed by atoms with Crippen LogP contribution >= 0.6 is 15.9 Å². The molecule has 1 aliphatic heterocycles. The first-order valence-electron chi connectivity index (χ1n) is 8.94. The van der Waals surface area contributed by atoms with E-state index >= 15 is 0 Å². The van der Waals surface area contributed by atoms with Gasteiger partial charge in [0.2, 0.25) is 0 Å². The van der Waals surface area contributed by atoms with Crippen molar-refractivity contribution in [2.24, 2.45) is 0 Å². The minimum atomic E-state index is 0.316. The highest BCUT2D eigenvalue weighted by molar-refractivity contribution is 9.10. The molecule has 3 unspecified atom stereocenters. The Kier molecular flexibility index (Phi) is 6.15. The van der Waals surface area contributed by atoms with Crippen LogP contribution in [0.2, 0.25) is 0 Å². The molecule has 1 aliphatic rings. The second-order valence-corrected chi connectivity index (χ2v) is 7.83. The van der Waals surface area contributed by atoms with Crippen LogP contribution < -0.4 is 10.1 Å². The molecule has 0 radical (unpaired) electrons. The maximum Gasteiger partial charge on any atom is 0.133 e. The van der Waals surface area contributed by atoms with E-state index in [-0.39, 0.29) is 0 Å². The van der Waals surface area contributed by atoms with E-state index in [9.17, 15) is 0 Å². The fourth-order valence-corrected chi connectivity index (χ4v) is 4.22. The van der Waals surface area contributed by atoms with Gasteiger partial charge in [-0.2, -0.15) is 0 Å². The molecule has 3 rings (SSSR count). The molecule has 25 heavy (non-hydrogen) atoms. The first-order valence-corrected chi connectivity index (χ1v) is 9.73. The van der Waals surface area contributed by atoms with Crippen LogP contribution in [-0.4, -0.2) is 30.6 Å². The Bertz CT molecular complexity index is 692. The lowest BCUT2D eigenvalue weighted by Gasteiger charge is -2.22. The molecule has 2 aromatic carbocycles. The van der Waals surface area contributed by atoms with Crippen LogP contribution in [0.25, 0.3) is 0 Å². The van der Waals surface area contributed by atoms with Crippen molar-refractivity contribution >= 4 is 15.9 Å². The van der Waals surface area contributed by atoms with Crippen molar-refractivity contribution < 1.29 is 4.74 Å². The van der Waals surface area contributed by atoms with E-state index in [0.29, 0.717) is 18.1 Å². The van der Waals surface area contributed by atoms with Crippen LogP contribution in [0, 0.1) is 0 Å². The average molecular weight is 403 g/mol. The summed E-state index contributed by atoms with van der Waals surface area (Å²) < 4.78 is 6.33. The van der Waals surface area contributed by atoms with Crippen molar-refractivity contribution in [2.45, 2.75) is 44.9 Å². The molecule has 3 nitrogen and oxygen atoms in total. The monoisotopic (exact) mass is 402 g/mol. The zero-order valence-corrected chi connectivity index (χ0v) is 16.8. The molecule has 0 bridgehead atoms. The highest BCUT2D eigenvalue weighted by Crippen LogP contribution is 2.29. The molecule has 1 saturated heterocycles. The SMILES string of the molecule is COc1ccc(C(C)NC2CC(C)N(Cc3ccccc3)C2)cc1Br. The number of rotatable bonds is 6. The van der Waals surface area contributed by atoms with E-state index in [2.05, 4.69) is 82.5 Å². The largest absolute Gasteiger partial charge is 0.496 e. The van der Waals surface area contributed by atoms with Crippen LogP contribution in [0.15, 0.2) is 53.0 Å². The van der Waals surface area contributed by atoms with Crippen molar-refractivity contribution in [2.75, 3.05) is 13.7 Å². The molecule has 0 spiro atoms. The molecule has 0 amide bonds. The number of benzene rings is 2. The van der Waals surface area contributed by atoms with E-state index in [1.165, 1.54) is 17.5 Å². The lowest BCUT2D eigenvalue weighted by atomic mass is 10.1. The number of nitrogens with one attached hydrogen (secondary N) is 1. The van der Waals surface area contributed by atoms with Crippen LogP contribution in [0.4, 0.5) is 0 Å². The summed E-state index contributed by atoms with van der Waals surface area (Å²) in [7, 11) is 1.70. The molecule has 4 heteroatoms. The predicted octanol–water partition coefficient (Wildman–Crippen LogP) is 4.77. The molecule has 0 saturated carbocycles. The Labute approximate surface area is 159 Å². The maximum atomic E-state index is 5.32. The normalized spacial score (nSPS) is 22.1. The van der Waals surface area contributed by atoms with Crippen LogP contribution in [-0.2, 0) is 6.54 Å². The molecule has 1 heterocycles. The van der Waals surface area contributed by atoms with Crippen LogP contribution in [0.1, 0.15) is 37.4 Å². The number of hydrogen-bond donors (Lipinski definition) is 1. The zero-order valence-electron chi connectivity index (χ0n) is 15.2. The lowest BCUT2D eigenvalue weighted by Crippen LogP contribution is -2.34. The highest BCUT2D eigenvalue weighted by atomic mass is 79.9. The number of halogens is 1. The molecule has 134 valence electrons. The first-order chi connectivity index (χ1) is 12.1. The summed E-state index contributed by atoms with van der Waals surface area (Å²) in [5, 5.41) is 3.80. The summed E-state index contributed by atoms with van der Waals surface area (Å²) >= 11 is 3.58. The van der Waals surface area contributed by atoms with Gasteiger partial charge in [-0.3, -0.25) is 4.90 Å². The van der Waals surface area contributed by atoms with Crippen molar-refractivity contribution in [3.63, 3.8) is 0 Å². The summed E-state index contributed by atoms with van der Waals surface area (Å²) in [4.78, 5) is 2.57. The Hall–Kier alpha value is -1.36. The van der Waals surface area contributed by atoms with Gasteiger partial charge in [0.1, 0.15) is 5.75 Å². The minimum Gasteiger partial charge on any atom is -0.496 e. The van der Waals surface area contributed by atoms with Crippen LogP contribution in [0.3, 0.4) is 0 Å². The number of likely N-dealkylation sites (tertiary alicyclic amines) is 1. The molecule has 1 N–H and O–H groups in total. The fourth-order valence-electron chi connectivity index (χ4n) is 3.66. The summed E-state index contributed by atoms with van der Waals surface area (Å²) in [6.45, 7) is 6.69. The molecule has 0 aromatic heterocycles. The van der Waals surface area contributed by atoms with E-state index in [4.69, 9.17) is 4.74 Å². The molecule has 0 aliphatic carbocycles. The second kappa shape index (κ2) is 8.35. The van der Waals surface area contributed by atoms with Gasteiger partial charge in [0.15, 0.2) is 0 Å². The Morgan fingerprint density at radius 3 is 2.68 bits per heavy atom. The third kappa shape index (κ3) is 4.63. The molecular weight excluding hydrogens is 376 g/mol. The number of ether oxygens (including phenoxy) is 1. The van der Waals surface area contributed by atoms with Gasteiger partial charge < -0.3 is 10.1 Å². The Balaban J connectivity index is 1.59. The van der Waals surface area contributed by atoms with E-state index in [1.54, 1.807) is 7.11 Å². The van der Waals surface area contributed by atoms with Gasteiger partial charge in [0.05, 0.1) is 11.6 Å². The number of nitrogens with zero attached hydrogens (tertiary/aromatic N) is 1. The summed E-state index contributed by atoms with van der Waals surface area (Å²) in [5.41, 5.74) is 2.67. The smallest absolute Gasteiger partial charge is 0.133 e.